The van der Waals surface area contributed by atoms with Gasteiger partial charge in [0.25, 0.3) is 0 Å². The number of sulfonamides is 1. The van der Waals surface area contributed by atoms with Crippen molar-refractivity contribution in [2.24, 2.45) is 0 Å². The molecule has 1 amide bonds. The lowest BCUT2D eigenvalue weighted by Crippen LogP contribution is -2.31. The Morgan fingerprint density at radius 1 is 1.11 bits per heavy atom. The third-order valence-electron chi connectivity index (χ3n) is 4.76. The van der Waals surface area contributed by atoms with Gasteiger partial charge in [-0.15, -0.1) is 0 Å². The SMILES string of the molecule is CS(=O)(=O)N1CCOc2ccc(CCC(=O)NCCc3ccccc3)cc2C1. The topological polar surface area (TPSA) is 75.7 Å². The summed E-state index contributed by atoms with van der Waals surface area (Å²) >= 11 is 0. The molecule has 0 bridgehead atoms. The molecule has 1 N–H and O–H groups in total. The normalized spacial score (nSPS) is 14.6. The highest BCUT2D eigenvalue weighted by molar-refractivity contribution is 7.88. The van der Waals surface area contributed by atoms with Gasteiger partial charge < -0.3 is 10.1 Å². The number of carbonyl (C=O) groups excluding carboxylic acids is 1. The van der Waals surface area contributed by atoms with E-state index in [-0.39, 0.29) is 5.91 Å². The van der Waals surface area contributed by atoms with Crippen LogP contribution >= 0.6 is 0 Å². The molecule has 0 unspecified atom stereocenters. The third kappa shape index (κ3) is 5.81. The fourth-order valence-corrected chi connectivity index (χ4v) is 3.98. The second-order valence-corrected chi connectivity index (χ2v) is 8.96. The van der Waals surface area contributed by atoms with Gasteiger partial charge in [-0.2, -0.15) is 4.31 Å². The fraction of sp³-hybridized carbons (Fsp3) is 0.381. The van der Waals surface area contributed by atoms with Crippen LogP contribution in [0.1, 0.15) is 23.1 Å². The first-order valence-electron chi connectivity index (χ1n) is 9.42. The fourth-order valence-electron chi connectivity index (χ4n) is 3.20. The standard InChI is InChI=1S/C21H26N2O4S/c1-28(25,26)23-13-14-27-20-9-7-18(15-19(20)16-23)8-10-21(24)22-12-11-17-5-3-2-4-6-17/h2-7,9,15H,8,10-14,16H2,1H3,(H,22,24). The molecule has 7 heteroatoms. The van der Waals surface area contributed by atoms with Crippen LogP contribution in [0.15, 0.2) is 48.5 Å². The highest BCUT2D eigenvalue weighted by Gasteiger charge is 2.22. The van der Waals surface area contributed by atoms with Crippen molar-refractivity contribution in [2.45, 2.75) is 25.8 Å². The van der Waals surface area contributed by atoms with Gasteiger partial charge in [-0.25, -0.2) is 8.42 Å². The molecule has 0 spiro atoms. The number of aryl methyl sites for hydroxylation is 1. The predicted molar refractivity (Wildman–Crippen MR) is 109 cm³/mol. The Morgan fingerprint density at radius 2 is 1.89 bits per heavy atom. The van der Waals surface area contributed by atoms with E-state index in [9.17, 15) is 13.2 Å². The molecule has 2 aromatic carbocycles. The molecule has 0 saturated carbocycles. The molecule has 150 valence electrons. The maximum absolute atomic E-state index is 12.1. The molecule has 1 heterocycles. The van der Waals surface area contributed by atoms with Gasteiger partial charge in [0.2, 0.25) is 15.9 Å². The second-order valence-electron chi connectivity index (χ2n) is 6.97. The minimum Gasteiger partial charge on any atom is -0.492 e. The summed E-state index contributed by atoms with van der Waals surface area (Å²) in [5.41, 5.74) is 3.03. The minimum atomic E-state index is -3.27. The van der Waals surface area contributed by atoms with Gasteiger partial charge in [0.15, 0.2) is 0 Å². The highest BCUT2D eigenvalue weighted by atomic mass is 32.2. The van der Waals surface area contributed by atoms with E-state index in [1.165, 1.54) is 16.1 Å². The first kappa shape index (κ1) is 20.4. The Hall–Kier alpha value is -2.38. The molecule has 1 aliphatic rings. The Balaban J connectivity index is 1.52. The zero-order valence-corrected chi connectivity index (χ0v) is 16.9. The Morgan fingerprint density at radius 3 is 2.64 bits per heavy atom. The smallest absolute Gasteiger partial charge is 0.220 e. The number of benzene rings is 2. The van der Waals surface area contributed by atoms with Crippen molar-refractivity contribution >= 4 is 15.9 Å². The lowest BCUT2D eigenvalue weighted by Gasteiger charge is -2.16. The molecule has 0 atom stereocenters. The van der Waals surface area contributed by atoms with Crippen LogP contribution in [0.4, 0.5) is 0 Å². The molecule has 0 fully saturated rings. The van der Waals surface area contributed by atoms with Gasteiger partial charge in [0.05, 0.1) is 6.26 Å². The molecular formula is C21H26N2O4S. The van der Waals surface area contributed by atoms with Gasteiger partial charge in [-0.1, -0.05) is 42.5 Å². The number of hydrogen-bond donors (Lipinski definition) is 1. The van der Waals surface area contributed by atoms with Crippen molar-refractivity contribution in [3.05, 3.63) is 65.2 Å². The summed E-state index contributed by atoms with van der Waals surface area (Å²) in [6, 6.07) is 15.8. The highest BCUT2D eigenvalue weighted by Crippen LogP contribution is 2.25. The van der Waals surface area contributed by atoms with E-state index in [2.05, 4.69) is 5.32 Å². The number of amides is 1. The zero-order valence-electron chi connectivity index (χ0n) is 16.1. The number of fused-ring (bicyclic) bond motifs is 1. The van der Waals surface area contributed by atoms with Gasteiger partial charge in [0.1, 0.15) is 12.4 Å². The molecular weight excluding hydrogens is 376 g/mol. The summed E-state index contributed by atoms with van der Waals surface area (Å²) < 4.78 is 30.8. The summed E-state index contributed by atoms with van der Waals surface area (Å²) in [6.07, 6.45) is 3.01. The van der Waals surface area contributed by atoms with Crippen LogP contribution in [-0.2, 0) is 34.2 Å². The van der Waals surface area contributed by atoms with Crippen LogP contribution < -0.4 is 10.1 Å². The van der Waals surface area contributed by atoms with Gasteiger partial charge >= 0.3 is 0 Å². The van der Waals surface area contributed by atoms with Gasteiger partial charge in [-0.3, -0.25) is 4.79 Å². The van der Waals surface area contributed by atoms with E-state index < -0.39 is 10.0 Å². The average Bonchev–Trinajstić information content (AvgIpc) is 2.89. The lowest BCUT2D eigenvalue weighted by molar-refractivity contribution is -0.121. The van der Waals surface area contributed by atoms with Crippen LogP contribution in [0.5, 0.6) is 5.75 Å². The largest absolute Gasteiger partial charge is 0.492 e. The summed E-state index contributed by atoms with van der Waals surface area (Å²) in [5, 5.41) is 2.95. The van der Waals surface area contributed by atoms with E-state index in [1.807, 2.05) is 48.5 Å². The van der Waals surface area contributed by atoms with E-state index in [0.717, 1.165) is 17.5 Å². The number of nitrogens with zero attached hydrogens (tertiary/aromatic N) is 1. The third-order valence-corrected chi connectivity index (χ3v) is 6.01. The number of nitrogens with one attached hydrogen (secondary N) is 1. The van der Waals surface area contributed by atoms with Crippen LogP contribution in [0, 0.1) is 0 Å². The van der Waals surface area contributed by atoms with Crippen molar-refractivity contribution < 1.29 is 17.9 Å². The van der Waals surface area contributed by atoms with Crippen molar-refractivity contribution in [2.75, 3.05) is 26.0 Å². The van der Waals surface area contributed by atoms with Crippen molar-refractivity contribution in [1.82, 2.24) is 9.62 Å². The van der Waals surface area contributed by atoms with E-state index >= 15 is 0 Å². The van der Waals surface area contributed by atoms with Crippen molar-refractivity contribution in [3.63, 3.8) is 0 Å². The van der Waals surface area contributed by atoms with Crippen LogP contribution in [0.2, 0.25) is 0 Å². The Labute approximate surface area is 166 Å². The lowest BCUT2D eigenvalue weighted by atomic mass is 10.0. The zero-order chi connectivity index (χ0) is 20.0. The molecule has 2 aromatic rings. The number of hydrogen-bond acceptors (Lipinski definition) is 4. The summed E-state index contributed by atoms with van der Waals surface area (Å²) in [4.78, 5) is 12.1. The maximum atomic E-state index is 12.1. The van der Waals surface area contributed by atoms with Gasteiger partial charge in [-0.05, 0) is 30.0 Å². The van der Waals surface area contributed by atoms with E-state index in [1.54, 1.807) is 0 Å². The predicted octanol–water partition coefficient (Wildman–Crippen LogP) is 2.13. The van der Waals surface area contributed by atoms with Crippen LogP contribution in [0.3, 0.4) is 0 Å². The molecule has 3 rings (SSSR count). The molecule has 0 aromatic heterocycles. The first-order chi connectivity index (χ1) is 13.4. The Bertz CT molecular complexity index is 913. The molecule has 0 radical (unpaired) electrons. The average molecular weight is 403 g/mol. The van der Waals surface area contributed by atoms with Gasteiger partial charge in [0, 0.05) is 31.6 Å². The van der Waals surface area contributed by atoms with Crippen molar-refractivity contribution in [3.8, 4) is 5.75 Å². The first-order valence-corrected chi connectivity index (χ1v) is 11.3. The second kappa shape index (κ2) is 9.21. The Kier molecular flexibility index (Phi) is 6.70. The summed E-state index contributed by atoms with van der Waals surface area (Å²) in [5.74, 6) is 0.724. The summed E-state index contributed by atoms with van der Waals surface area (Å²) in [6.45, 7) is 1.59. The molecule has 1 aliphatic heterocycles. The quantitative estimate of drug-likeness (QED) is 0.770. The minimum absolute atomic E-state index is 0.0138. The van der Waals surface area contributed by atoms with Crippen LogP contribution in [-0.4, -0.2) is 44.6 Å². The monoisotopic (exact) mass is 402 g/mol. The van der Waals surface area contributed by atoms with Crippen molar-refractivity contribution in [1.29, 1.82) is 0 Å². The number of carbonyl (C=O) groups is 1. The number of rotatable bonds is 7. The molecule has 6 nitrogen and oxygen atoms in total. The summed E-state index contributed by atoms with van der Waals surface area (Å²) in [7, 11) is -3.27. The van der Waals surface area contributed by atoms with Crippen LogP contribution in [0.25, 0.3) is 0 Å². The molecule has 28 heavy (non-hydrogen) atoms. The van der Waals surface area contributed by atoms with E-state index in [0.29, 0.717) is 44.8 Å². The molecule has 0 saturated heterocycles. The number of ether oxygens (including phenoxy) is 1. The van der Waals surface area contributed by atoms with E-state index in [4.69, 9.17) is 4.74 Å². The maximum Gasteiger partial charge on any atom is 0.220 e. The molecule has 0 aliphatic carbocycles.